The van der Waals surface area contributed by atoms with E-state index in [0.717, 1.165) is 0 Å². The van der Waals surface area contributed by atoms with Crippen LogP contribution in [-0.2, 0) is 5.60 Å². The van der Waals surface area contributed by atoms with Crippen molar-refractivity contribution >= 4 is 23.4 Å². The molecule has 0 aliphatic heterocycles. The Morgan fingerprint density at radius 2 is 2.00 bits per heavy atom. The van der Waals surface area contributed by atoms with E-state index >= 15 is 0 Å². The van der Waals surface area contributed by atoms with Crippen molar-refractivity contribution in [1.29, 1.82) is 0 Å². The van der Waals surface area contributed by atoms with Gasteiger partial charge in [-0.1, -0.05) is 17.7 Å². The molecule has 78 valence electrons. The van der Waals surface area contributed by atoms with E-state index in [1.807, 2.05) is 0 Å². The van der Waals surface area contributed by atoms with E-state index in [4.69, 9.17) is 11.6 Å². The molecule has 0 radical (unpaired) electrons. The first kappa shape index (κ1) is 11.8. The molecule has 0 aliphatic rings. The van der Waals surface area contributed by atoms with E-state index in [2.05, 4.69) is 0 Å². The summed E-state index contributed by atoms with van der Waals surface area (Å²) in [6, 6.07) is 3.11. The largest absolute Gasteiger partial charge is 0.386 e. The van der Waals surface area contributed by atoms with Crippen molar-refractivity contribution < 1.29 is 9.50 Å². The molecule has 0 saturated heterocycles. The number of hydrogen-bond acceptors (Lipinski definition) is 2. The number of halogens is 2. The van der Waals surface area contributed by atoms with Gasteiger partial charge in [-0.05, 0) is 26.2 Å². The third kappa shape index (κ3) is 2.22. The molecule has 0 saturated carbocycles. The van der Waals surface area contributed by atoms with Gasteiger partial charge in [0.25, 0.3) is 0 Å². The lowest BCUT2D eigenvalue weighted by molar-refractivity contribution is 0.0740. The second kappa shape index (κ2) is 4.09. The number of benzene rings is 1. The molecular formula is C10H12ClFOS. The molecule has 0 spiro atoms. The van der Waals surface area contributed by atoms with Crippen molar-refractivity contribution in [2.75, 3.05) is 6.26 Å². The van der Waals surface area contributed by atoms with Gasteiger partial charge in [-0.3, -0.25) is 0 Å². The van der Waals surface area contributed by atoms with Gasteiger partial charge in [-0.25, -0.2) is 4.39 Å². The quantitative estimate of drug-likeness (QED) is 0.792. The summed E-state index contributed by atoms with van der Waals surface area (Å²) in [6.45, 7) is 3.09. The van der Waals surface area contributed by atoms with Gasteiger partial charge < -0.3 is 5.11 Å². The summed E-state index contributed by atoms with van der Waals surface area (Å²) < 4.78 is 13.8. The van der Waals surface area contributed by atoms with E-state index < -0.39 is 11.4 Å². The standard InChI is InChI=1S/C10H12ClFOS/c1-10(2,13)6-4-5-7(11)9(14-3)8(6)12/h4-5,13H,1-3H3. The topological polar surface area (TPSA) is 20.2 Å². The number of aliphatic hydroxyl groups is 1. The van der Waals surface area contributed by atoms with E-state index in [1.165, 1.54) is 17.8 Å². The second-order valence-corrected chi connectivity index (χ2v) is 4.72. The van der Waals surface area contributed by atoms with Crippen molar-refractivity contribution in [2.45, 2.75) is 24.3 Å². The molecule has 0 bridgehead atoms. The maximum absolute atomic E-state index is 13.8. The lowest BCUT2D eigenvalue weighted by Crippen LogP contribution is -2.17. The lowest BCUT2D eigenvalue weighted by Gasteiger charge is -2.20. The number of hydrogen-bond donors (Lipinski definition) is 1. The van der Waals surface area contributed by atoms with Crippen LogP contribution in [-0.4, -0.2) is 11.4 Å². The fraction of sp³-hybridized carbons (Fsp3) is 0.400. The molecule has 0 unspecified atom stereocenters. The third-order valence-corrected chi connectivity index (χ3v) is 3.15. The summed E-state index contributed by atoms with van der Waals surface area (Å²) in [5, 5.41) is 10.1. The molecule has 0 aromatic heterocycles. The second-order valence-electron chi connectivity index (χ2n) is 3.50. The van der Waals surface area contributed by atoms with Gasteiger partial charge in [0.05, 0.1) is 15.5 Å². The molecule has 0 atom stereocenters. The third-order valence-electron chi connectivity index (χ3n) is 1.91. The Kier molecular flexibility index (Phi) is 3.45. The Balaban J connectivity index is 3.36. The molecule has 1 aromatic carbocycles. The van der Waals surface area contributed by atoms with Crippen LogP contribution < -0.4 is 0 Å². The van der Waals surface area contributed by atoms with Crippen molar-refractivity contribution in [2.24, 2.45) is 0 Å². The summed E-state index contributed by atoms with van der Waals surface area (Å²) in [5.41, 5.74) is -0.912. The number of thioether (sulfide) groups is 1. The molecule has 1 N–H and O–H groups in total. The maximum Gasteiger partial charge on any atom is 0.144 e. The van der Waals surface area contributed by atoms with Crippen LogP contribution in [0.15, 0.2) is 17.0 Å². The highest BCUT2D eigenvalue weighted by atomic mass is 35.5. The van der Waals surface area contributed by atoms with Gasteiger partial charge in [-0.2, -0.15) is 0 Å². The average molecular weight is 235 g/mol. The lowest BCUT2D eigenvalue weighted by atomic mass is 9.98. The Morgan fingerprint density at radius 1 is 1.43 bits per heavy atom. The normalized spacial score (nSPS) is 11.9. The molecule has 0 aliphatic carbocycles. The highest BCUT2D eigenvalue weighted by Gasteiger charge is 2.23. The van der Waals surface area contributed by atoms with Crippen LogP contribution in [0.1, 0.15) is 19.4 Å². The zero-order valence-electron chi connectivity index (χ0n) is 8.27. The molecule has 0 heterocycles. The van der Waals surface area contributed by atoms with Crippen molar-refractivity contribution in [3.63, 3.8) is 0 Å². The van der Waals surface area contributed by atoms with Crippen LogP contribution in [0.2, 0.25) is 5.02 Å². The van der Waals surface area contributed by atoms with E-state index in [9.17, 15) is 9.50 Å². The smallest absolute Gasteiger partial charge is 0.144 e. The summed E-state index contributed by atoms with van der Waals surface area (Å²) >= 11 is 7.04. The zero-order chi connectivity index (χ0) is 10.9. The van der Waals surface area contributed by atoms with E-state index in [-0.39, 0.29) is 5.56 Å². The van der Waals surface area contributed by atoms with Gasteiger partial charge >= 0.3 is 0 Å². The first-order valence-electron chi connectivity index (χ1n) is 4.12. The van der Waals surface area contributed by atoms with Crippen LogP contribution in [0.3, 0.4) is 0 Å². The summed E-state index contributed by atoms with van der Waals surface area (Å²) in [6.07, 6.45) is 1.75. The van der Waals surface area contributed by atoms with Gasteiger partial charge in [-0.15, -0.1) is 11.8 Å². The van der Waals surface area contributed by atoms with Gasteiger partial charge in [0.1, 0.15) is 5.82 Å². The fourth-order valence-electron chi connectivity index (χ4n) is 1.19. The first-order valence-corrected chi connectivity index (χ1v) is 5.73. The van der Waals surface area contributed by atoms with Crippen molar-refractivity contribution in [3.05, 3.63) is 28.5 Å². The fourth-order valence-corrected chi connectivity index (χ4v) is 2.12. The Bertz CT molecular complexity index is 347. The number of rotatable bonds is 2. The maximum atomic E-state index is 13.8. The highest BCUT2D eigenvalue weighted by molar-refractivity contribution is 7.98. The first-order chi connectivity index (χ1) is 6.38. The zero-order valence-corrected chi connectivity index (χ0v) is 9.84. The molecule has 0 amide bonds. The molecule has 1 nitrogen and oxygen atoms in total. The molecule has 4 heteroatoms. The summed E-state index contributed by atoms with van der Waals surface area (Å²) in [7, 11) is 0. The molecular weight excluding hydrogens is 223 g/mol. The monoisotopic (exact) mass is 234 g/mol. The predicted octanol–water partition coefficient (Wildman–Crippen LogP) is 3.43. The van der Waals surface area contributed by atoms with Crippen LogP contribution in [0, 0.1) is 5.82 Å². The summed E-state index contributed by atoms with van der Waals surface area (Å²) in [5.74, 6) is -0.433. The van der Waals surface area contributed by atoms with Crippen LogP contribution in [0.25, 0.3) is 0 Å². The molecule has 1 aromatic rings. The minimum absolute atomic E-state index is 0.270. The highest BCUT2D eigenvalue weighted by Crippen LogP contribution is 2.34. The van der Waals surface area contributed by atoms with E-state index in [0.29, 0.717) is 9.92 Å². The Morgan fingerprint density at radius 3 is 2.43 bits per heavy atom. The van der Waals surface area contributed by atoms with Crippen LogP contribution >= 0.6 is 23.4 Å². The van der Waals surface area contributed by atoms with Gasteiger partial charge in [0, 0.05) is 5.56 Å². The summed E-state index contributed by atoms with van der Waals surface area (Å²) in [4.78, 5) is 0.381. The minimum atomic E-state index is -1.18. The van der Waals surface area contributed by atoms with Crippen LogP contribution in [0.5, 0.6) is 0 Å². The van der Waals surface area contributed by atoms with E-state index in [1.54, 1.807) is 26.2 Å². The molecule has 0 fully saturated rings. The Labute approximate surface area is 92.3 Å². The van der Waals surface area contributed by atoms with Crippen molar-refractivity contribution in [1.82, 2.24) is 0 Å². The predicted molar refractivity (Wildman–Crippen MR) is 58.4 cm³/mol. The van der Waals surface area contributed by atoms with Gasteiger partial charge in [0.15, 0.2) is 0 Å². The minimum Gasteiger partial charge on any atom is -0.386 e. The van der Waals surface area contributed by atoms with Crippen LogP contribution in [0.4, 0.5) is 4.39 Å². The van der Waals surface area contributed by atoms with Crippen molar-refractivity contribution in [3.8, 4) is 0 Å². The SMILES string of the molecule is CSc1c(Cl)ccc(C(C)(C)O)c1F. The molecule has 1 rings (SSSR count). The molecule has 14 heavy (non-hydrogen) atoms. The Hall–Kier alpha value is -0.250. The average Bonchev–Trinajstić information content (AvgIpc) is 2.02. The van der Waals surface area contributed by atoms with Gasteiger partial charge in [0.2, 0.25) is 0 Å².